The van der Waals surface area contributed by atoms with Crippen LogP contribution in [0, 0.1) is 0 Å². The van der Waals surface area contributed by atoms with E-state index in [1.165, 1.54) is 27.7 Å². The van der Waals surface area contributed by atoms with E-state index in [1.54, 1.807) is 0 Å². The van der Waals surface area contributed by atoms with Gasteiger partial charge in [0.1, 0.15) is 100 Å². The molecule has 6 aromatic carbocycles. The zero-order chi connectivity index (χ0) is 65.2. The van der Waals surface area contributed by atoms with Gasteiger partial charge in [0.2, 0.25) is 0 Å². The van der Waals surface area contributed by atoms with Gasteiger partial charge in [0, 0.05) is 33.4 Å². The van der Waals surface area contributed by atoms with Crippen molar-refractivity contribution in [2.24, 2.45) is 0 Å². The van der Waals surface area contributed by atoms with E-state index in [1.807, 2.05) is 91.0 Å². The van der Waals surface area contributed by atoms with Crippen LogP contribution in [-0.2, 0) is 62.5 Å². The lowest BCUT2D eigenvalue weighted by Crippen LogP contribution is -2.29. The number of carbonyl (C=O) groups is 4. The van der Waals surface area contributed by atoms with Gasteiger partial charge >= 0.3 is 23.9 Å². The lowest BCUT2D eigenvalue weighted by Gasteiger charge is -2.37. The molecule has 4 N–H and O–H groups in total. The van der Waals surface area contributed by atoms with Gasteiger partial charge < -0.3 is 77.3 Å². The summed E-state index contributed by atoms with van der Waals surface area (Å²) in [5, 5.41) is 45.0. The Morgan fingerprint density at radius 2 is 0.711 bits per heavy atom. The number of aliphatic hydroxyl groups excluding tert-OH is 4. The molecule has 90 heavy (non-hydrogen) atoms. The first-order valence-corrected chi connectivity index (χ1v) is 29.3. The normalized spacial score (nSPS) is 13.2. The molecule has 4 unspecified atom stereocenters. The van der Waals surface area contributed by atoms with E-state index < -0.39 is 53.7 Å². The maximum Gasteiger partial charge on any atom is 0.333 e. The van der Waals surface area contributed by atoms with Crippen LogP contribution in [0.1, 0.15) is 51.3 Å². The van der Waals surface area contributed by atoms with Crippen molar-refractivity contribution in [3.05, 3.63) is 181 Å². The van der Waals surface area contributed by atoms with Crippen LogP contribution in [0.4, 0.5) is 0 Å². The molecule has 0 aliphatic rings. The second kappa shape index (κ2) is 35.7. The van der Waals surface area contributed by atoms with Crippen molar-refractivity contribution >= 4 is 45.4 Å². The number of ether oxygens (including phenoxy) is 12. The molecule has 0 spiro atoms. The predicted molar refractivity (Wildman–Crippen MR) is 338 cm³/mol. The fourth-order valence-electron chi connectivity index (χ4n) is 9.18. The summed E-state index contributed by atoms with van der Waals surface area (Å²) in [4.78, 5) is 47.7. The van der Waals surface area contributed by atoms with Crippen LogP contribution in [0.5, 0.6) is 23.0 Å². The molecule has 0 saturated heterocycles. The molecule has 6 rings (SSSR count). The maximum atomic E-state index is 12.0. The Kier molecular flexibility index (Phi) is 28.0. The SMILES string of the molecule is C=C(C)C(=O)OCC(O)COCCOc1ccc2c(C(C)(c3ccc(-c4ccccc4)cc3)c3c(OCCOCC(O)COC(=O)C(=C)C)ccc4cc(OCCOCC(O)COC(=O)C(=C)C)ccc34)c(OCCOCC(O)COC(=O)C(=C)C)ccc2c1. The summed E-state index contributed by atoms with van der Waals surface area (Å²) in [6.45, 7) is 21.4. The molecule has 0 aromatic heterocycles. The smallest absolute Gasteiger partial charge is 0.333 e. The summed E-state index contributed by atoms with van der Waals surface area (Å²) in [5.41, 5.74) is 3.85. The molecule has 0 aliphatic carbocycles. The third-order valence-corrected chi connectivity index (χ3v) is 13.7. The molecule has 20 heteroatoms. The minimum Gasteiger partial charge on any atom is -0.491 e. The van der Waals surface area contributed by atoms with Gasteiger partial charge in [-0.15, -0.1) is 0 Å². The molecule has 0 radical (unpaired) electrons. The Balaban J connectivity index is 1.42. The number of fused-ring (bicyclic) bond motifs is 2. The van der Waals surface area contributed by atoms with Crippen LogP contribution >= 0.6 is 0 Å². The van der Waals surface area contributed by atoms with Crippen molar-refractivity contribution in [1.82, 2.24) is 0 Å². The van der Waals surface area contributed by atoms with Gasteiger partial charge in [0.25, 0.3) is 0 Å². The summed E-state index contributed by atoms with van der Waals surface area (Å²) in [5.74, 6) is -0.507. The van der Waals surface area contributed by atoms with Gasteiger partial charge in [-0.1, -0.05) is 105 Å². The lowest BCUT2D eigenvalue weighted by atomic mass is 9.67. The zero-order valence-electron chi connectivity index (χ0n) is 51.7. The highest BCUT2D eigenvalue weighted by molar-refractivity contribution is 5.96. The van der Waals surface area contributed by atoms with E-state index in [2.05, 4.69) is 57.5 Å². The zero-order valence-corrected chi connectivity index (χ0v) is 51.7. The van der Waals surface area contributed by atoms with Crippen LogP contribution in [0.15, 0.2) is 164 Å². The third-order valence-electron chi connectivity index (χ3n) is 13.7. The summed E-state index contributed by atoms with van der Waals surface area (Å²) >= 11 is 0. The first kappa shape index (κ1) is 70.6. The minimum absolute atomic E-state index is 0.0202. The molecule has 0 fully saturated rings. The van der Waals surface area contributed by atoms with Crippen molar-refractivity contribution in [3.63, 3.8) is 0 Å². The molecule has 0 aliphatic heterocycles. The second-order valence-electron chi connectivity index (χ2n) is 21.5. The molecule has 4 atom stereocenters. The Labute approximate surface area is 524 Å². The number of rotatable bonds is 40. The number of hydrogen-bond acceptors (Lipinski definition) is 20. The molecule has 0 bridgehead atoms. The molecule has 482 valence electrons. The van der Waals surface area contributed by atoms with E-state index >= 15 is 0 Å². The highest BCUT2D eigenvalue weighted by Crippen LogP contribution is 2.52. The molecule has 0 amide bonds. The number of hydrogen-bond donors (Lipinski definition) is 4. The van der Waals surface area contributed by atoms with Crippen LogP contribution in [0.25, 0.3) is 32.7 Å². The monoisotopic (exact) mass is 1240 g/mol. The van der Waals surface area contributed by atoms with Gasteiger partial charge in [0.15, 0.2) is 0 Å². The Bertz CT molecular complexity index is 3210. The van der Waals surface area contributed by atoms with Crippen LogP contribution < -0.4 is 18.9 Å². The van der Waals surface area contributed by atoms with Crippen molar-refractivity contribution in [3.8, 4) is 34.1 Å². The standard InChI is InChI=1S/C70H82O20/c1-45(2)66(75)87-41-54(71)37-79-27-31-83-58-21-23-60-51(35-58)17-25-62(85-33-29-81-39-56(73)43-89-68(77)47(5)6)64(60)70(9,53-19-15-50(16-20-53)49-13-11-10-12-14-49)65-61-24-22-59(84-32-28-80-38-55(72)42-88-67(76)46(3)4)36-52(61)18-26-63(65)86-34-30-82-40-57(74)44-90-69(78)48(7)8/h10-26,35-36,54-57,71-74H,1,3,5,7,27-34,37-44H2,2,4,6,8-9H3. The van der Waals surface area contributed by atoms with E-state index in [0.29, 0.717) is 34.1 Å². The molecule has 0 heterocycles. The topological polar surface area (TPSA) is 260 Å². The minimum atomic E-state index is -1.20. The summed E-state index contributed by atoms with van der Waals surface area (Å²) < 4.78 is 69.4. The van der Waals surface area contributed by atoms with Gasteiger partial charge in [-0.05, 0) is 109 Å². The largest absolute Gasteiger partial charge is 0.491 e. The average molecular weight is 1240 g/mol. The van der Waals surface area contributed by atoms with Crippen molar-refractivity contribution < 1.29 is 96.4 Å². The van der Waals surface area contributed by atoms with Crippen molar-refractivity contribution in [2.75, 3.05) is 106 Å². The number of benzene rings is 6. The van der Waals surface area contributed by atoms with Gasteiger partial charge in [-0.3, -0.25) is 0 Å². The lowest BCUT2D eigenvalue weighted by molar-refractivity contribution is -0.143. The van der Waals surface area contributed by atoms with Crippen LogP contribution in [0.3, 0.4) is 0 Å². The van der Waals surface area contributed by atoms with E-state index in [0.717, 1.165) is 38.2 Å². The average Bonchev–Trinajstić information content (AvgIpc) is 0.721. The van der Waals surface area contributed by atoms with E-state index in [4.69, 9.17) is 56.8 Å². The van der Waals surface area contributed by atoms with Gasteiger partial charge in [-0.2, -0.15) is 0 Å². The summed E-state index contributed by atoms with van der Waals surface area (Å²) in [6.07, 6.45) is -4.35. The fourth-order valence-corrected chi connectivity index (χ4v) is 9.18. The quantitative estimate of drug-likeness (QED) is 0.00923. The third kappa shape index (κ3) is 21.4. The van der Waals surface area contributed by atoms with Crippen LogP contribution in [-0.4, -0.2) is 174 Å². The Morgan fingerprint density at radius 1 is 0.389 bits per heavy atom. The molecular formula is C70H82O20. The molecule has 20 nitrogen and oxygen atoms in total. The molecule has 6 aromatic rings. The fraction of sp³-hybridized carbons (Fsp3) is 0.371. The second-order valence-corrected chi connectivity index (χ2v) is 21.5. The van der Waals surface area contributed by atoms with Crippen molar-refractivity contribution in [2.45, 2.75) is 64.4 Å². The van der Waals surface area contributed by atoms with Crippen molar-refractivity contribution in [1.29, 1.82) is 0 Å². The highest BCUT2D eigenvalue weighted by Gasteiger charge is 2.40. The number of esters is 4. The summed E-state index contributed by atoms with van der Waals surface area (Å²) in [6, 6.07) is 37.2. The van der Waals surface area contributed by atoms with Crippen LogP contribution in [0.2, 0.25) is 0 Å². The van der Waals surface area contributed by atoms with Gasteiger partial charge in [0.05, 0.1) is 58.3 Å². The Morgan fingerprint density at radius 3 is 1.04 bits per heavy atom. The van der Waals surface area contributed by atoms with E-state index in [-0.39, 0.29) is 128 Å². The number of aliphatic hydroxyl groups is 4. The first-order valence-electron chi connectivity index (χ1n) is 29.3. The first-order chi connectivity index (χ1) is 43.2. The highest BCUT2D eigenvalue weighted by atomic mass is 16.6. The van der Waals surface area contributed by atoms with E-state index in [9.17, 15) is 39.6 Å². The molecule has 0 saturated carbocycles. The van der Waals surface area contributed by atoms with Gasteiger partial charge in [-0.25, -0.2) is 19.2 Å². The molecular weight excluding hydrogens is 1160 g/mol. The predicted octanol–water partition coefficient (Wildman–Crippen LogP) is 8.52. The maximum absolute atomic E-state index is 12.0. The Hall–Kier alpha value is -8.44. The number of carbonyl (C=O) groups excluding carboxylic acids is 4. The summed E-state index contributed by atoms with van der Waals surface area (Å²) in [7, 11) is 0.